The number of nitrogens with zero attached hydrogens (tertiary/aromatic N) is 2. The number of methoxy groups -OCH3 is 1. The first-order valence-corrected chi connectivity index (χ1v) is 11.2. The van der Waals surface area contributed by atoms with Crippen molar-refractivity contribution in [3.05, 3.63) is 74.6 Å². The van der Waals surface area contributed by atoms with E-state index in [1.54, 1.807) is 63.5 Å². The maximum Gasteiger partial charge on any atom is 0.341 e. The lowest BCUT2D eigenvalue weighted by Crippen LogP contribution is -2.21. The van der Waals surface area contributed by atoms with Crippen LogP contribution in [0.3, 0.4) is 0 Å². The van der Waals surface area contributed by atoms with Crippen molar-refractivity contribution < 1.29 is 19.2 Å². The number of rotatable bonds is 6. The molecule has 176 valence electrons. The number of nitro groups is 1. The Morgan fingerprint density at radius 1 is 1.09 bits per heavy atom. The van der Waals surface area contributed by atoms with Crippen LogP contribution in [0.4, 0.5) is 16.4 Å². The molecule has 0 aliphatic heterocycles. The number of thiophene rings is 1. The molecule has 0 saturated heterocycles. The smallest absolute Gasteiger partial charge is 0.341 e. The van der Waals surface area contributed by atoms with Crippen LogP contribution in [0, 0.1) is 17.0 Å². The lowest BCUT2D eigenvalue weighted by molar-refractivity contribution is -0.384. The molecule has 0 bridgehead atoms. The summed E-state index contributed by atoms with van der Waals surface area (Å²) < 4.78 is 4.88. The van der Waals surface area contributed by atoms with Crippen LogP contribution in [0.15, 0.2) is 48.5 Å². The number of thiocarbonyl (C=S) groups is 1. The number of hydrogen-bond acceptors (Lipinski definition) is 7. The van der Waals surface area contributed by atoms with Gasteiger partial charge in [0, 0.05) is 25.8 Å². The Morgan fingerprint density at radius 2 is 1.74 bits per heavy atom. The lowest BCUT2D eigenvalue weighted by Gasteiger charge is -2.11. The van der Waals surface area contributed by atoms with Crippen LogP contribution in [0.25, 0.3) is 11.1 Å². The first-order chi connectivity index (χ1) is 16.1. The number of para-hydroxylation sites is 1. The standard InChI is InChI=1S/C23H22N4O5S2/c1-13-18(22(29)32-4)20(34-19(13)21(28)26(2)3)25-23(33)24-15-11-9-14(10-12-15)16-7-5-6-8-17(16)27(30)31/h5-12H,1-4H3,(H2,24,25,33). The number of amides is 1. The van der Waals surface area contributed by atoms with E-state index in [0.717, 1.165) is 11.3 Å². The minimum Gasteiger partial charge on any atom is -0.465 e. The molecule has 0 saturated carbocycles. The van der Waals surface area contributed by atoms with Crippen molar-refractivity contribution in [3.63, 3.8) is 0 Å². The third-order valence-corrected chi connectivity index (χ3v) is 6.32. The lowest BCUT2D eigenvalue weighted by atomic mass is 10.0. The van der Waals surface area contributed by atoms with Gasteiger partial charge in [-0.15, -0.1) is 11.3 Å². The van der Waals surface area contributed by atoms with Gasteiger partial charge in [0.15, 0.2) is 5.11 Å². The predicted octanol–water partition coefficient (Wildman–Crippen LogP) is 4.93. The number of benzene rings is 2. The molecule has 0 radical (unpaired) electrons. The van der Waals surface area contributed by atoms with Gasteiger partial charge in [-0.25, -0.2) is 4.79 Å². The van der Waals surface area contributed by atoms with Crippen LogP contribution in [0.2, 0.25) is 0 Å². The highest BCUT2D eigenvalue weighted by Crippen LogP contribution is 2.35. The Labute approximate surface area is 205 Å². The van der Waals surface area contributed by atoms with Crippen molar-refractivity contribution >= 4 is 56.9 Å². The molecule has 0 aliphatic carbocycles. The largest absolute Gasteiger partial charge is 0.465 e. The quantitative estimate of drug-likeness (QED) is 0.213. The number of ether oxygens (including phenoxy) is 1. The number of esters is 1. The number of hydrogen-bond donors (Lipinski definition) is 2. The van der Waals surface area contributed by atoms with Crippen molar-refractivity contribution in [2.24, 2.45) is 0 Å². The second-order valence-corrected chi connectivity index (χ2v) is 8.81. The van der Waals surface area contributed by atoms with Crippen LogP contribution in [-0.4, -0.2) is 48.0 Å². The van der Waals surface area contributed by atoms with E-state index in [1.165, 1.54) is 18.1 Å². The number of nitrogens with one attached hydrogen (secondary N) is 2. The Kier molecular flexibility index (Phi) is 7.59. The minimum atomic E-state index is -0.578. The maximum atomic E-state index is 12.5. The Hall–Kier alpha value is -3.83. The molecule has 0 spiro atoms. The first-order valence-electron chi connectivity index (χ1n) is 9.99. The molecule has 3 rings (SSSR count). The summed E-state index contributed by atoms with van der Waals surface area (Å²) in [6, 6.07) is 13.5. The molecule has 2 N–H and O–H groups in total. The molecular weight excluding hydrogens is 476 g/mol. The molecule has 0 aliphatic rings. The van der Waals surface area contributed by atoms with Crippen molar-refractivity contribution in [2.75, 3.05) is 31.8 Å². The zero-order valence-electron chi connectivity index (χ0n) is 18.9. The number of carbonyl (C=O) groups excluding carboxylic acids is 2. The van der Waals surface area contributed by atoms with Gasteiger partial charge in [0.25, 0.3) is 11.6 Å². The first kappa shape index (κ1) is 24.8. The third kappa shape index (κ3) is 5.21. The van der Waals surface area contributed by atoms with Crippen LogP contribution in [0.5, 0.6) is 0 Å². The van der Waals surface area contributed by atoms with Crippen LogP contribution in [0.1, 0.15) is 25.6 Å². The minimum absolute atomic E-state index is 0.0203. The average molecular weight is 499 g/mol. The Morgan fingerprint density at radius 3 is 2.32 bits per heavy atom. The van der Waals surface area contributed by atoms with E-state index < -0.39 is 10.9 Å². The van der Waals surface area contributed by atoms with Gasteiger partial charge >= 0.3 is 5.97 Å². The van der Waals surface area contributed by atoms with Gasteiger partial charge in [-0.3, -0.25) is 14.9 Å². The van der Waals surface area contributed by atoms with Gasteiger partial charge in [0.05, 0.1) is 28.0 Å². The van der Waals surface area contributed by atoms with E-state index in [2.05, 4.69) is 10.6 Å². The van der Waals surface area contributed by atoms with Gasteiger partial charge in [-0.05, 0) is 48.5 Å². The van der Waals surface area contributed by atoms with E-state index in [9.17, 15) is 19.7 Å². The summed E-state index contributed by atoms with van der Waals surface area (Å²) in [6.07, 6.45) is 0. The summed E-state index contributed by atoms with van der Waals surface area (Å²) >= 11 is 6.51. The fraction of sp³-hybridized carbons (Fsp3) is 0.174. The van der Waals surface area contributed by atoms with E-state index in [-0.39, 0.29) is 22.3 Å². The second kappa shape index (κ2) is 10.4. The molecule has 1 heterocycles. The molecule has 0 atom stereocenters. The molecule has 34 heavy (non-hydrogen) atoms. The summed E-state index contributed by atoms with van der Waals surface area (Å²) in [6.45, 7) is 1.68. The normalized spacial score (nSPS) is 10.4. The average Bonchev–Trinajstić information content (AvgIpc) is 3.13. The maximum absolute atomic E-state index is 12.5. The van der Waals surface area contributed by atoms with E-state index >= 15 is 0 Å². The summed E-state index contributed by atoms with van der Waals surface area (Å²) in [5.74, 6) is -0.809. The van der Waals surface area contributed by atoms with Crippen molar-refractivity contribution in [1.82, 2.24) is 4.90 Å². The van der Waals surface area contributed by atoms with Gasteiger partial charge in [0.2, 0.25) is 0 Å². The van der Waals surface area contributed by atoms with Crippen LogP contribution in [-0.2, 0) is 4.74 Å². The highest BCUT2D eigenvalue weighted by atomic mass is 32.1. The van der Waals surface area contributed by atoms with Gasteiger partial charge < -0.3 is 20.3 Å². The van der Waals surface area contributed by atoms with Crippen molar-refractivity contribution in [3.8, 4) is 11.1 Å². The number of carbonyl (C=O) groups is 2. The predicted molar refractivity (Wildman–Crippen MR) is 137 cm³/mol. The van der Waals surface area contributed by atoms with Crippen molar-refractivity contribution in [2.45, 2.75) is 6.92 Å². The molecule has 11 heteroatoms. The molecule has 2 aromatic carbocycles. The van der Waals surface area contributed by atoms with Crippen molar-refractivity contribution in [1.29, 1.82) is 0 Å². The Balaban J connectivity index is 1.81. The second-order valence-electron chi connectivity index (χ2n) is 7.38. The highest BCUT2D eigenvalue weighted by molar-refractivity contribution is 7.80. The summed E-state index contributed by atoms with van der Waals surface area (Å²) in [4.78, 5) is 37.6. The third-order valence-electron chi connectivity index (χ3n) is 4.92. The summed E-state index contributed by atoms with van der Waals surface area (Å²) in [7, 11) is 4.53. The highest BCUT2D eigenvalue weighted by Gasteiger charge is 2.26. The van der Waals surface area contributed by atoms with Crippen LogP contribution >= 0.6 is 23.6 Å². The molecule has 3 aromatic rings. The topological polar surface area (TPSA) is 114 Å². The van der Waals surface area contributed by atoms with E-state index in [4.69, 9.17) is 17.0 Å². The molecule has 1 aromatic heterocycles. The molecule has 0 unspecified atom stereocenters. The summed E-state index contributed by atoms with van der Waals surface area (Å²) in [5, 5.41) is 17.9. The fourth-order valence-electron chi connectivity index (χ4n) is 3.23. The number of anilines is 2. The van der Waals surface area contributed by atoms with E-state index in [0.29, 0.717) is 32.3 Å². The monoisotopic (exact) mass is 498 g/mol. The SMILES string of the molecule is COC(=O)c1c(NC(=S)Nc2ccc(-c3ccccc3[N+](=O)[O-])cc2)sc(C(=O)N(C)C)c1C. The molecule has 0 fully saturated rings. The van der Waals surface area contributed by atoms with Crippen LogP contribution < -0.4 is 10.6 Å². The molecule has 1 amide bonds. The fourth-order valence-corrected chi connectivity index (χ4v) is 4.74. The van der Waals surface area contributed by atoms with Gasteiger partial charge in [-0.2, -0.15) is 0 Å². The zero-order valence-corrected chi connectivity index (χ0v) is 20.5. The summed E-state index contributed by atoms with van der Waals surface area (Å²) in [5.41, 5.74) is 2.60. The van der Waals surface area contributed by atoms with E-state index in [1.807, 2.05) is 0 Å². The van der Waals surface area contributed by atoms with Gasteiger partial charge in [0.1, 0.15) is 5.00 Å². The Bertz CT molecular complexity index is 1270. The molecular formula is C23H22N4O5S2. The number of nitro benzene ring substituents is 1. The van der Waals surface area contributed by atoms with Gasteiger partial charge in [-0.1, -0.05) is 24.3 Å². The molecule has 9 nitrogen and oxygen atoms in total. The zero-order chi connectivity index (χ0) is 25.0.